The Kier molecular flexibility index (Phi) is 19.9. The van der Waals surface area contributed by atoms with Gasteiger partial charge in [0.05, 0.1) is 5.34 Å². The van der Waals surface area contributed by atoms with Crippen LogP contribution in [-0.4, -0.2) is 5.34 Å². The maximum Gasteiger partial charge on any atom is 0.0967 e. The molecule has 0 saturated carbocycles. The van der Waals surface area contributed by atoms with Gasteiger partial charge in [0.1, 0.15) is 0 Å². The van der Waals surface area contributed by atoms with E-state index in [0.29, 0.717) is 0 Å². The summed E-state index contributed by atoms with van der Waals surface area (Å²) in [5.41, 5.74) is 0. The van der Waals surface area contributed by atoms with E-state index in [4.69, 9.17) is 23.2 Å². The van der Waals surface area contributed by atoms with Crippen molar-refractivity contribution in [2.75, 3.05) is 5.34 Å². The zero-order valence-corrected chi connectivity index (χ0v) is 4.28. The summed E-state index contributed by atoms with van der Waals surface area (Å²) in [7, 11) is 0. The minimum atomic E-state index is 0. The van der Waals surface area contributed by atoms with Crippen LogP contribution >= 0.6 is 23.2 Å². The SMILES string of the molecule is ClCCl.[Ni]. The molecule has 0 fully saturated rings. The molecule has 0 atom stereocenters. The quantitative estimate of drug-likeness (QED) is 0.356. The van der Waals surface area contributed by atoms with E-state index in [9.17, 15) is 0 Å². The molecule has 0 nitrogen and oxygen atoms in total. The first-order chi connectivity index (χ1) is 1.41. The summed E-state index contributed by atoms with van der Waals surface area (Å²) in [6.45, 7) is 0. The van der Waals surface area contributed by atoms with Crippen LogP contribution < -0.4 is 0 Å². The molecular formula is CH2Cl2Ni. The molecule has 0 aromatic heterocycles. The summed E-state index contributed by atoms with van der Waals surface area (Å²) in [5, 5.41) is 0.194. The molecule has 0 heterocycles. The van der Waals surface area contributed by atoms with Crippen LogP contribution in [0, 0.1) is 0 Å². The smallest absolute Gasteiger partial charge is 0.0967 e. The van der Waals surface area contributed by atoms with Gasteiger partial charge in [0.25, 0.3) is 0 Å². The normalized spacial score (nSPS) is 4.50. The van der Waals surface area contributed by atoms with E-state index in [0.717, 1.165) is 0 Å². The van der Waals surface area contributed by atoms with Crippen molar-refractivity contribution >= 4 is 23.2 Å². The number of alkyl halides is 2. The zero-order valence-electron chi connectivity index (χ0n) is 1.78. The van der Waals surface area contributed by atoms with Gasteiger partial charge in [-0.2, -0.15) is 0 Å². The first kappa shape index (κ1) is 8.91. The average molecular weight is 144 g/mol. The Bertz CT molecular complexity index is 6.00. The predicted octanol–water partition coefficient (Wildman–Crippen LogP) is 1.42. The van der Waals surface area contributed by atoms with Crippen LogP contribution in [0.4, 0.5) is 0 Å². The van der Waals surface area contributed by atoms with E-state index in [2.05, 4.69) is 0 Å². The molecule has 30 valence electrons. The first-order valence-electron chi connectivity index (χ1n) is 0.535. The summed E-state index contributed by atoms with van der Waals surface area (Å²) >= 11 is 9.53. The van der Waals surface area contributed by atoms with Crippen LogP contribution in [0.25, 0.3) is 0 Å². The molecule has 0 rings (SSSR count). The Hall–Kier alpha value is 1.07. The van der Waals surface area contributed by atoms with E-state index in [1.54, 1.807) is 0 Å². The molecule has 0 aliphatic heterocycles. The Balaban J connectivity index is 0. The molecule has 0 aliphatic carbocycles. The van der Waals surface area contributed by atoms with E-state index < -0.39 is 0 Å². The molecule has 0 spiro atoms. The van der Waals surface area contributed by atoms with Crippen molar-refractivity contribution in [2.45, 2.75) is 0 Å². The largest absolute Gasteiger partial charge is 0.109 e. The fourth-order valence-corrected chi connectivity index (χ4v) is 0. The van der Waals surface area contributed by atoms with Crippen molar-refractivity contribution < 1.29 is 16.5 Å². The summed E-state index contributed by atoms with van der Waals surface area (Å²) in [4.78, 5) is 0. The topological polar surface area (TPSA) is 0 Å². The summed E-state index contributed by atoms with van der Waals surface area (Å²) in [6, 6.07) is 0. The second kappa shape index (κ2) is 8.95. The van der Waals surface area contributed by atoms with Gasteiger partial charge in [-0.1, -0.05) is 0 Å². The Morgan fingerprint density at radius 2 is 1.25 bits per heavy atom. The van der Waals surface area contributed by atoms with Gasteiger partial charge >= 0.3 is 0 Å². The van der Waals surface area contributed by atoms with Gasteiger partial charge in [-0.05, 0) is 0 Å². The van der Waals surface area contributed by atoms with Gasteiger partial charge in [0.15, 0.2) is 0 Å². The van der Waals surface area contributed by atoms with Crippen molar-refractivity contribution in [3.05, 3.63) is 0 Å². The van der Waals surface area contributed by atoms with E-state index in [-0.39, 0.29) is 21.8 Å². The van der Waals surface area contributed by atoms with Gasteiger partial charge in [-0.3, -0.25) is 0 Å². The van der Waals surface area contributed by atoms with Crippen molar-refractivity contribution in [1.82, 2.24) is 0 Å². The van der Waals surface area contributed by atoms with Crippen LogP contribution in [0.5, 0.6) is 0 Å². The van der Waals surface area contributed by atoms with E-state index in [1.807, 2.05) is 0 Å². The third-order valence-electron chi connectivity index (χ3n) is 0. The molecule has 0 amide bonds. The van der Waals surface area contributed by atoms with Crippen molar-refractivity contribution in [3.63, 3.8) is 0 Å². The number of halogens is 2. The molecule has 0 saturated heterocycles. The Morgan fingerprint density at radius 1 is 1.25 bits per heavy atom. The molecule has 0 unspecified atom stereocenters. The maximum atomic E-state index is 4.76. The van der Waals surface area contributed by atoms with Crippen LogP contribution in [0.15, 0.2) is 0 Å². The van der Waals surface area contributed by atoms with Gasteiger partial charge in [0, 0.05) is 16.5 Å². The monoisotopic (exact) mass is 142 g/mol. The average Bonchev–Trinajstić information content (AvgIpc) is 0.918. The van der Waals surface area contributed by atoms with Crippen LogP contribution in [0.1, 0.15) is 0 Å². The van der Waals surface area contributed by atoms with Crippen LogP contribution in [0.3, 0.4) is 0 Å². The number of hydrogen-bond donors (Lipinski definition) is 0. The fourth-order valence-electron chi connectivity index (χ4n) is 0. The molecule has 0 aromatic carbocycles. The molecule has 3 heteroatoms. The Labute approximate surface area is 45.4 Å². The fraction of sp³-hybridized carbons (Fsp3) is 1.00. The van der Waals surface area contributed by atoms with Crippen molar-refractivity contribution in [1.29, 1.82) is 0 Å². The minimum absolute atomic E-state index is 0. The third kappa shape index (κ3) is 11.5. The van der Waals surface area contributed by atoms with Crippen LogP contribution in [0.2, 0.25) is 0 Å². The van der Waals surface area contributed by atoms with Gasteiger partial charge in [0.2, 0.25) is 0 Å². The third-order valence-corrected chi connectivity index (χ3v) is 0. The summed E-state index contributed by atoms with van der Waals surface area (Å²) in [6.07, 6.45) is 0. The number of rotatable bonds is 0. The molecule has 0 N–H and O–H groups in total. The van der Waals surface area contributed by atoms with Gasteiger partial charge < -0.3 is 0 Å². The second-order valence-electron chi connectivity index (χ2n) is 0.101. The molecule has 0 radical (unpaired) electrons. The molecule has 4 heavy (non-hydrogen) atoms. The molecule has 0 aromatic rings. The summed E-state index contributed by atoms with van der Waals surface area (Å²) in [5.74, 6) is 0. The van der Waals surface area contributed by atoms with Crippen LogP contribution in [-0.2, 0) is 16.5 Å². The van der Waals surface area contributed by atoms with E-state index in [1.165, 1.54) is 0 Å². The second-order valence-corrected chi connectivity index (χ2v) is 0.909. The summed E-state index contributed by atoms with van der Waals surface area (Å²) < 4.78 is 0. The standard InChI is InChI=1S/CH2Cl2.Ni/c2-1-3;/h1H2;. The number of hydrogen-bond acceptors (Lipinski definition) is 0. The predicted molar refractivity (Wildman–Crippen MR) is 16.6 cm³/mol. The molecular weight excluding hydrogens is 142 g/mol. The minimum Gasteiger partial charge on any atom is -0.109 e. The van der Waals surface area contributed by atoms with Gasteiger partial charge in [-0.15, -0.1) is 23.2 Å². The maximum absolute atomic E-state index is 4.76. The molecule has 0 aliphatic rings. The van der Waals surface area contributed by atoms with Gasteiger partial charge in [-0.25, -0.2) is 0 Å². The first-order valence-corrected chi connectivity index (χ1v) is 1.60. The Morgan fingerprint density at radius 3 is 1.25 bits per heavy atom. The zero-order chi connectivity index (χ0) is 2.71. The molecule has 0 bridgehead atoms. The van der Waals surface area contributed by atoms with Crippen molar-refractivity contribution in [2.24, 2.45) is 0 Å². The van der Waals surface area contributed by atoms with Crippen molar-refractivity contribution in [3.8, 4) is 0 Å². The van der Waals surface area contributed by atoms with E-state index >= 15 is 0 Å².